The summed E-state index contributed by atoms with van der Waals surface area (Å²) in [5, 5.41) is 13.3. The number of aryl methyl sites for hydroxylation is 1. The number of aromatic hydroxyl groups is 1. The zero-order valence-electron chi connectivity index (χ0n) is 11.1. The summed E-state index contributed by atoms with van der Waals surface area (Å²) < 4.78 is 2.62. The van der Waals surface area contributed by atoms with Gasteiger partial charge in [0.15, 0.2) is 0 Å². The van der Waals surface area contributed by atoms with Crippen LogP contribution < -0.4 is 11.0 Å². The van der Waals surface area contributed by atoms with Crippen molar-refractivity contribution >= 4 is 17.2 Å². The summed E-state index contributed by atoms with van der Waals surface area (Å²) in [6.07, 6.45) is 1.72. The smallest absolute Gasteiger partial charge is 0.340 e. The lowest BCUT2D eigenvalue weighted by Gasteiger charge is -1.99. The summed E-state index contributed by atoms with van der Waals surface area (Å²) in [5.41, 5.74) is 2.60. The van der Waals surface area contributed by atoms with Crippen LogP contribution in [0.1, 0.15) is 18.1 Å². The number of nitroso groups, excluding NO2 is 1. The van der Waals surface area contributed by atoms with Crippen molar-refractivity contribution in [2.75, 3.05) is 0 Å². The molecule has 0 fully saturated rings. The van der Waals surface area contributed by atoms with E-state index in [1.807, 2.05) is 19.9 Å². The standard InChI is InChI=1S/C14H13N3O3/c1-3-11-8(2)12-6-9-4-5-10(7-15-20)16(9)14(19)17(12)13(11)18/h4-7,18H,3H2,1-2H3/b10-7-. The highest BCUT2D eigenvalue weighted by molar-refractivity contribution is 5.69. The van der Waals surface area contributed by atoms with Crippen molar-refractivity contribution in [3.8, 4) is 5.88 Å². The highest BCUT2D eigenvalue weighted by Gasteiger charge is 2.17. The summed E-state index contributed by atoms with van der Waals surface area (Å²) in [7, 11) is 0. The highest BCUT2D eigenvalue weighted by Crippen LogP contribution is 2.27. The lowest BCUT2D eigenvalue weighted by molar-refractivity contribution is 0.439. The summed E-state index contributed by atoms with van der Waals surface area (Å²) in [5.74, 6) is -0.0365. The van der Waals surface area contributed by atoms with Crippen LogP contribution in [-0.4, -0.2) is 13.9 Å². The van der Waals surface area contributed by atoms with Crippen LogP contribution in [0.2, 0.25) is 0 Å². The fraction of sp³-hybridized carbons (Fsp3) is 0.214. The van der Waals surface area contributed by atoms with Gasteiger partial charge in [0.2, 0.25) is 5.88 Å². The van der Waals surface area contributed by atoms with Crippen LogP contribution in [0.4, 0.5) is 0 Å². The number of hydrogen-bond acceptors (Lipinski definition) is 4. The molecule has 0 spiro atoms. The minimum Gasteiger partial charge on any atom is -0.494 e. The molecular formula is C14H13N3O3. The van der Waals surface area contributed by atoms with Crippen LogP contribution in [0.15, 0.2) is 28.2 Å². The van der Waals surface area contributed by atoms with Gasteiger partial charge in [-0.3, -0.25) is 4.40 Å². The predicted molar refractivity (Wildman–Crippen MR) is 75.9 cm³/mol. The Morgan fingerprint density at radius 2 is 2.10 bits per heavy atom. The number of hydrogen-bond donors (Lipinski definition) is 1. The van der Waals surface area contributed by atoms with Crippen molar-refractivity contribution in [2.45, 2.75) is 20.3 Å². The Bertz CT molecular complexity index is 950. The van der Waals surface area contributed by atoms with Gasteiger partial charge in [0, 0.05) is 5.56 Å². The Kier molecular flexibility index (Phi) is 2.60. The minimum atomic E-state index is -0.405. The molecule has 3 aromatic heterocycles. The lowest BCUT2D eigenvalue weighted by atomic mass is 10.1. The molecule has 0 aliphatic rings. The Balaban J connectivity index is 2.62. The Morgan fingerprint density at radius 3 is 2.75 bits per heavy atom. The van der Waals surface area contributed by atoms with Gasteiger partial charge in [-0.2, -0.15) is 0 Å². The molecule has 3 rings (SSSR count). The quantitative estimate of drug-likeness (QED) is 0.715. The first-order chi connectivity index (χ1) is 9.60. The summed E-state index contributed by atoms with van der Waals surface area (Å²) in [6.45, 7) is 3.81. The molecule has 0 saturated carbocycles. The Hall–Kier alpha value is -2.63. The molecule has 6 heteroatoms. The van der Waals surface area contributed by atoms with Gasteiger partial charge < -0.3 is 5.11 Å². The first-order valence-electron chi connectivity index (χ1n) is 6.30. The highest BCUT2D eigenvalue weighted by atomic mass is 16.3. The van der Waals surface area contributed by atoms with Gasteiger partial charge in [-0.15, -0.1) is 4.91 Å². The van der Waals surface area contributed by atoms with Gasteiger partial charge in [0.05, 0.1) is 22.6 Å². The molecule has 20 heavy (non-hydrogen) atoms. The monoisotopic (exact) mass is 271 g/mol. The third kappa shape index (κ3) is 1.41. The van der Waals surface area contributed by atoms with Crippen molar-refractivity contribution in [3.05, 3.63) is 50.1 Å². The van der Waals surface area contributed by atoms with E-state index in [1.54, 1.807) is 12.1 Å². The molecule has 1 N–H and O–H groups in total. The van der Waals surface area contributed by atoms with Gasteiger partial charge in [0.25, 0.3) is 0 Å². The van der Waals surface area contributed by atoms with E-state index in [1.165, 1.54) is 8.80 Å². The molecule has 0 unspecified atom stereocenters. The van der Waals surface area contributed by atoms with Crippen LogP contribution in [-0.2, 0) is 6.42 Å². The molecule has 0 aromatic carbocycles. The van der Waals surface area contributed by atoms with Crippen LogP contribution >= 0.6 is 0 Å². The van der Waals surface area contributed by atoms with Crippen molar-refractivity contribution in [1.29, 1.82) is 0 Å². The molecule has 0 radical (unpaired) electrons. The molecule has 0 aliphatic carbocycles. The van der Waals surface area contributed by atoms with Crippen LogP contribution in [0.25, 0.3) is 17.2 Å². The average Bonchev–Trinajstić information content (AvgIpc) is 2.92. The van der Waals surface area contributed by atoms with Gasteiger partial charge in [-0.25, -0.2) is 9.20 Å². The number of fused-ring (bicyclic) bond motifs is 2. The summed E-state index contributed by atoms with van der Waals surface area (Å²) in [6, 6.07) is 5.20. The third-order valence-corrected chi connectivity index (χ3v) is 3.71. The van der Waals surface area contributed by atoms with E-state index in [4.69, 9.17) is 0 Å². The molecule has 0 aliphatic heterocycles. The molecule has 0 atom stereocenters. The molecule has 0 saturated heterocycles. The van der Waals surface area contributed by atoms with E-state index in [0.29, 0.717) is 22.8 Å². The first kappa shape index (κ1) is 12.4. The van der Waals surface area contributed by atoms with Crippen LogP contribution in [0, 0.1) is 11.8 Å². The van der Waals surface area contributed by atoms with Crippen molar-refractivity contribution < 1.29 is 5.11 Å². The third-order valence-electron chi connectivity index (χ3n) is 3.71. The van der Waals surface area contributed by atoms with Gasteiger partial charge in [-0.05, 0) is 42.3 Å². The summed E-state index contributed by atoms with van der Waals surface area (Å²) in [4.78, 5) is 22.9. The van der Waals surface area contributed by atoms with Crippen molar-refractivity contribution in [2.24, 2.45) is 5.18 Å². The SMILES string of the molecule is CCc1c(C)c2cc3cc/c(=C/N=O)n3c(=O)n2c1O. The number of nitrogens with zero attached hydrogens (tertiary/aromatic N) is 3. The first-order valence-corrected chi connectivity index (χ1v) is 6.30. The minimum absolute atomic E-state index is 0.0365. The van der Waals surface area contributed by atoms with Crippen LogP contribution in [0.5, 0.6) is 5.88 Å². The van der Waals surface area contributed by atoms with E-state index < -0.39 is 5.69 Å². The lowest BCUT2D eigenvalue weighted by Crippen LogP contribution is -2.28. The topological polar surface area (TPSA) is 75.6 Å². The maximum absolute atomic E-state index is 12.5. The molecular weight excluding hydrogens is 258 g/mol. The number of rotatable bonds is 2. The Morgan fingerprint density at radius 1 is 1.35 bits per heavy atom. The van der Waals surface area contributed by atoms with E-state index in [2.05, 4.69) is 5.18 Å². The molecule has 3 heterocycles. The second-order valence-electron chi connectivity index (χ2n) is 4.68. The zero-order valence-corrected chi connectivity index (χ0v) is 11.1. The van der Waals surface area contributed by atoms with Crippen molar-refractivity contribution in [3.63, 3.8) is 0 Å². The fourth-order valence-electron chi connectivity index (χ4n) is 2.73. The fourth-order valence-corrected chi connectivity index (χ4v) is 2.73. The normalized spacial score (nSPS) is 12.6. The predicted octanol–water partition coefficient (Wildman–Crippen LogP) is 1.35. The average molecular weight is 271 g/mol. The Labute approximate surface area is 113 Å². The molecule has 0 bridgehead atoms. The van der Waals surface area contributed by atoms with Gasteiger partial charge in [0.1, 0.15) is 0 Å². The van der Waals surface area contributed by atoms with Gasteiger partial charge >= 0.3 is 5.69 Å². The molecule has 0 amide bonds. The second-order valence-corrected chi connectivity index (χ2v) is 4.68. The van der Waals surface area contributed by atoms with E-state index in [-0.39, 0.29) is 5.88 Å². The largest absolute Gasteiger partial charge is 0.494 e. The van der Waals surface area contributed by atoms with E-state index in [9.17, 15) is 14.8 Å². The van der Waals surface area contributed by atoms with E-state index >= 15 is 0 Å². The summed E-state index contributed by atoms with van der Waals surface area (Å²) >= 11 is 0. The van der Waals surface area contributed by atoms with E-state index in [0.717, 1.165) is 17.3 Å². The molecule has 3 aromatic rings. The molecule has 6 nitrogen and oxygen atoms in total. The second kappa shape index (κ2) is 4.19. The molecule has 102 valence electrons. The number of aromatic nitrogens is 2. The maximum Gasteiger partial charge on any atom is 0.340 e. The van der Waals surface area contributed by atoms with Crippen molar-refractivity contribution in [1.82, 2.24) is 8.80 Å². The maximum atomic E-state index is 12.5. The van der Waals surface area contributed by atoms with Gasteiger partial charge in [-0.1, -0.05) is 6.92 Å². The zero-order chi connectivity index (χ0) is 14.4. The van der Waals surface area contributed by atoms with Crippen LogP contribution in [0.3, 0.4) is 0 Å².